The molecule has 1 saturated heterocycles. The number of aromatic nitrogens is 3. The van der Waals surface area contributed by atoms with Crippen molar-refractivity contribution in [3.8, 4) is 11.4 Å². The Kier molecular flexibility index (Phi) is 3.51. The van der Waals surface area contributed by atoms with Gasteiger partial charge in [-0.2, -0.15) is 0 Å². The molecule has 0 spiro atoms. The van der Waals surface area contributed by atoms with E-state index in [0.29, 0.717) is 5.82 Å². The summed E-state index contributed by atoms with van der Waals surface area (Å²) in [5.74, 6) is 1.58. The van der Waals surface area contributed by atoms with Gasteiger partial charge in [0.1, 0.15) is 5.82 Å². The first kappa shape index (κ1) is 13.5. The first-order chi connectivity index (χ1) is 10.1. The van der Waals surface area contributed by atoms with Crippen LogP contribution in [0.1, 0.15) is 12.6 Å². The summed E-state index contributed by atoms with van der Waals surface area (Å²) < 4.78 is 0. The largest absolute Gasteiger partial charge is 0.352 e. The lowest BCUT2D eigenvalue weighted by Crippen LogP contribution is -2.59. The van der Waals surface area contributed by atoms with Crippen molar-refractivity contribution in [1.82, 2.24) is 20.3 Å². The van der Waals surface area contributed by atoms with E-state index in [1.807, 2.05) is 25.1 Å². The molecule has 1 amide bonds. The van der Waals surface area contributed by atoms with Crippen molar-refractivity contribution in [2.75, 3.05) is 18.0 Å². The third kappa shape index (κ3) is 2.99. The van der Waals surface area contributed by atoms with Crippen molar-refractivity contribution in [3.63, 3.8) is 0 Å². The number of pyridine rings is 1. The highest BCUT2D eigenvalue weighted by atomic mass is 16.1. The fourth-order valence-electron chi connectivity index (χ4n) is 2.38. The molecule has 108 valence electrons. The number of carbonyl (C=O) groups excluding carboxylic acids is 1. The first-order valence-electron chi connectivity index (χ1n) is 6.90. The van der Waals surface area contributed by atoms with E-state index >= 15 is 0 Å². The first-order valence-corrected chi connectivity index (χ1v) is 6.90. The lowest BCUT2D eigenvalue weighted by atomic mass is 10.1. The summed E-state index contributed by atoms with van der Waals surface area (Å²) in [5.41, 5.74) is 1.82. The number of nitrogens with one attached hydrogen (secondary N) is 1. The molecule has 6 nitrogen and oxygen atoms in total. The van der Waals surface area contributed by atoms with Crippen LogP contribution in [0.4, 0.5) is 5.82 Å². The van der Waals surface area contributed by atoms with Gasteiger partial charge in [0.25, 0.3) is 0 Å². The topological polar surface area (TPSA) is 71.0 Å². The second-order valence-electron chi connectivity index (χ2n) is 5.24. The van der Waals surface area contributed by atoms with E-state index in [-0.39, 0.29) is 11.9 Å². The van der Waals surface area contributed by atoms with Crippen molar-refractivity contribution in [2.45, 2.75) is 19.9 Å². The van der Waals surface area contributed by atoms with E-state index in [1.165, 1.54) is 6.92 Å². The van der Waals surface area contributed by atoms with Crippen LogP contribution >= 0.6 is 0 Å². The molecule has 3 rings (SSSR count). The Morgan fingerprint density at radius 3 is 2.86 bits per heavy atom. The zero-order valence-corrected chi connectivity index (χ0v) is 12.1. The monoisotopic (exact) mass is 283 g/mol. The number of amides is 1. The molecule has 0 aliphatic carbocycles. The van der Waals surface area contributed by atoms with E-state index in [2.05, 4.69) is 25.2 Å². The Labute approximate surface area is 123 Å². The molecule has 21 heavy (non-hydrogen) atoms. The van der Waals surface area contributed by atoms with Crippen molar-refractivity contribution >= 4 is 11.7 Å². The van der Waals surface area contributed by atoms with Crippen molar-refractivity contribution in [2.24, 2.45) is 0 Å². The molecule has 6 heteroatoms. The van der Waals surface area contributed by atoms with Crippen LogP contribution < -0.4 is 10.2 Å². The summed E-state index contributed by atoms with van der Waals surface area (Å²) >= 11 is 0. The zero-order valence-electron chi connectivity index (χ0n) is 12.1. The highest BCUT2D eigenvalue weighted by molar-refractivity contribution is 5.73. The van der Waals surface area contributed by atoms with Gasteiger partial charge in [0.15, 0.2) is 5.82 Å². The van der Waals surface area contributed by atoms with Crippen molar-refractivity contribution in [3.05, 3.63) is 36.3 Å². The molecule has 0 saturated carbocycles. The average Bonchev–Trinajstić information content (AvgIpc) is 2.42. The van der Waals surface area contributed by atoms with E-state index < -0.39 is 0 Å². The van der Waals surface area contributed by atoms with Crippen LogP contribution in [0, 0.1) is 6.92 Å². The van der Waals surface area contributed by atoms with E-state index in [4.69, 9.17) is 0 Å². The smallest absolute Gasteiger partial charge is 0.217 e. The third-order valence-electron chi connectivity index (χ3n) is 3.37. The minimum atomic E-state index is 0.00886. The van der Waals surface area contributed by atoms with E-state index in [1.54, 1.807) is 12.4 Å². The number of rotatable bonds is 3. The maximum atomic E-state index is 11.0. The maximum Gasteiger partial charge on any atom is 0.217 e. The van der Waals surface area contributed by atoms with Crippen LogP contribution in [0.2, 0.25) is 0 Å². The number of hydrogen-bond acceptors (Lipinski definition) is 5. The molecule has 0 atom stereocenters. The van der Waals surface area contributed by atoms with Gasteiger partial charge in [-0.15, -0.1) is 0 Å². The van der Waals surface area contributed by atoms with Crippen LogP contribution in [0.5, 0.6) is 0 Å². The normalized spacial score (nSPS) is 14.7. The summed E-state index contributed by atoms with van der Waals surface area (Å²) in [6, 6.07) is 5.99. The lowest BCUT2D eigenvalue weighted by Gasteiger charge is -2.40. The Bertz CT molecular complexity index is 652. The summed E-state index contributed by atoms with van der Waals surface area (Å²) in [7, 11) is 0. The van der Waals surface area contributed by atoms with Gasteiger partial charge in [0.2, 0.25) is 5.91 Å². The second kappa shape index (κ2) is 5.47. The Hall–Kier alpha value is -2.50. The number of carbonyl (C=O) groups is 1. The quantitative estimate of drug-likeness (QED) is 0.915. The van der Waals surface area contributed by atoms with Gasteiger partial charge < -0.3 is 10.2 Å². The van der Waals surface area contributed by atoms with Crippen molar-refractivity contribution in [1.29, 1.82) is 0 Å². The van der Waals surface area contributed by atoms with Gasteiger partial charge in [-0.1, -0.05) is 0 Å². The van der Waals surface area contributed by atoms with Crippen molar-refractivity contribution < 1.29 is 4.79 Å². The molecule has 1 aliphatic heterocycles. The molecule has 0 aromatic carbocycles. The Morgan fingerprint density at radius 2 is 2.19 bits per heavy atom. The van der Waals surface area contributed by atoms with Gasteiger partial charge in [0.05, 0.1) is 6.04 Å². The lowest BCUT2D eigenvalue weighted by molar-refractivity contribution is -0.119. The minimum absolute atomic E-state index is 0.00886. The number of aryl methyl sites for hydroxylation is 1. The van der Waals surface area contributed by atoms with Gasteiger partial charge in [0, 0.05) is 49.7 Å². The van der Waals surface area contributed by atoms with Crippen LogP contribution in [-0.2, 0) is 4.79 Å². The summed E-state index contributed by atoms with van der Waals surface area (Å²) in [6.45, 7) is 5.05. The maximum absolute atomic E-state index is 11.0. The molecular weight excluding hydrogens is 266 g/mol. The highest BCUT2D eigenvalue weighted by Crippen LogP contribution is 2.23. The van der Waals surface area contributed by atoms with Crippen LogP contribution in [0.25, 0.3) is 11.4 Å². The molecule has 2 aromatic rings. The molecule has 2 aromatic heterocycles. The van der Waals surface area contributed by atoms with Gasteiger partial charge in [-0.3, -0.25) is 9.78 Å². The molecule has 0 unspecified atom stereocenters. The molecular formula is C15H17N5O. The van der Waals surface area contributed by atoms with Crippen LogP contribution in [-0.4, -0.2) is 40.0 Å². The standard InChI is InChI=1S/C15H17N5O/c1-10-6-14(20-8-13(9-20)18-11(2)21)19-15(17-10)12-4-3-5-16-7-12/h3-7,13H,8-9H2,1-2H3,(H,18,21). The highest BCUT2D eigenvalue weighted by Gasteiger charge is 2.28. The summed E-state index contributed by atoms with van der Waals surface area (Å²) in [6.07, 6.45) is 3.49. The molecule has 1 aliphatic rings. The van der Waals surface area contributed by atoms with E-state index in [0.717, 1.165) is 30.2 Å². The second-order valence-corrected chi connectivity index (χ2v) is 5.24. The van der Waals surface area contributed by atoms with Gasteiger partial charge >= 0.3 is 0 Å². The Morgan fingerprint density at radius 1 is 1.38 bits per heavy atom. The van der Waals surface area contributed by atoms with Crippen LogP contribution in [0.3, 0.4) is 0 Å². The summed E-state index contributed by atoms with van der Waals surface area (Å²) in [4.78, 5) is 26.3. The molecule has 0 radical (unpaired) electrons. The van der Waals surface area contributed by atoms with Gasteiger partial charge in [-0.05, 0) is 19.1 Å². The minimum Gasteiger partial charge on any atom is -0.352 e. The predicted molar refractivity (Wildman–Crippen MR) is 79.8 cm³/mol. The van der Waals surface area contributed by atoms with Gasteiger partial charge in [-0.25, -0.2) is 9.97 Å². The molecule has 0 bridgehead atoms. The zero-order chi connectivity index (χ0) is 14.8. The molecule has 1 N–H and O–H groups in total. The average molecular weight is 283 g/mol. The fraction of sp³-hybridized carbons (Fsp3) is 0.333. The number of nitrogens with zero attached hydrogens (tertiary/aromatic N) is 4. The number of anilines is 1. The SMILES string of the molecule is CC(=O)NC1CN(c2cc(C)nc(-c3cccnc3)n2)C1. The van der Waals surface area contributed by atoms with Crippen LogP contribution in [0.15, 0.2) is 30.6 Å². The Balaban J connectivity index is 1.79. The number of hydrogen-bond donors (Lipinski definition) is 1. The predicted octanol–water partition coefficient (Wildman–Crippen LogP) is 1.17. The molecule has 1 fully saturated rings. The molecule has 3 heterocycles. The summed E-state index contributed by atoms with van der Waals surface area (Å²) in [5, 5.41) is 2.91. The van der Waals surface area contributed by atoms with E-state index in [9.17, 15) is 4.79 Å². The fourth-order valence-corrected chi connectivity index (χ4v) is 2.38. The third-order valence-corrected chi connectivity index (χ3v) is 3.37.